The Morgan fingerprint density at radius 1 is 1.32 bits per heavy atom. The van der Waals surface area contributed by atoms with Crippen molar-refractivity contribution in [3.05, 3.63) is 11.9 Å². The molecule has 108 valence electrons. The van der Waals surface area contributed by atoms with Gasteiger partial charge in [0.15, 0.2) is 0 Å². The van der Waals surface area contributed by atoms with Gasteiger partial charge in [-0.2, -0.15) is 4.98 Å². The predicted molar refractivity (Wildman–Crippen MR) is 78.8 cm³/mol. The van der Waals surface area contributed by atoms with Crippen molar-refractivity contribution in [3.63, 3.8) is 0 Å². The third-order valence-corrected chi connectivity index (χ3v) is 2.50. The number of anilines is 1. The van der Waals surface area contributed by atoms with Gasteiger partial charge in [-0.3, -0.25) is 0 Å². The van der Waals surface area contributed by atoms with Crippen LogP contribution in [-0.4, -0.2) is 48.7 Å². The Hall–Kier alpha value is -1.36. The first-order chi connectivity index (χ1) is 9.01. The van der Waals surface area contributed by atoms with Crippen LogP contribution in [0, 0.1) is 5.92 Å². The van der Waals surface area contributed by atoms with E-state index in [0.29, 0.717) is 18.4 Å². The third-order valence-electron chi connectivity index (χ3n) is 2.50. The summed E-state index contributed by atoms with van der Waals surface area (Å²) in [5.41, 5.74) is 0. The van der Waals surface area contributed by atoms with Crippen LogP contribution in [0.4, 0.5) is 5.82 Å². The van der Waals surface area contributed by atoms with Crippen LogP contribution in [0.15, 0.2) is 6.07 Å². The number of nitrogens with zero attached hydrogens (tertiary/aromatic N) is 3. The molecule has 1 heterocycles. The van der Waals surface area contributed by atoms with Crippen LogP contribution in [0.5, 0.6) is 5.88 Å². The zero-order chi connectivity index (χ0) is 14.3. The number of nitrogens with one attached hydrogen (secondary N) is 1. The Kier molecular flexibility index (Phi) is 6.56. The third kappa shape index (κ3) is 6.38. The molecular formula is C14H26N4O. The molecule has 0 saturated carbocycles. The monoisotopic (exact) mass is 266 g/mol. The molecule has 0 radical (unpaired) electrons. The number of ether oxygens (including phenoxy) is 1. The molecule has 0 amide bonds. The number of rotatable bonds is 8. The topological polar surface area (TPSA) is 50.3 Å². The van der Waals surface area contributed by atoms with Crippen molar-refractivity contribution in [1.82, 2.24) is 14.9 Å². The SMILES string of the molecule is CCOc1cc(NCCN(C)C)nc(CC(C)C)n1. The highest BCUT2D eigenvalue weighted by molar-refractivity contribution is 5.38. The van der Waals surface area contributed by atoms with Crippen LogP contribution >= 0.6 is 0 Å². The van der Waals surface area contributed by atoms with Crippen molar-refractivity contribution in [1.29, 1.82) is 0 Å². The van der Waals surface area contributed by atoms with Gasteiger partial charge in [0.1, 0.15) is 11.6 Å². The summed E-state index contributed by atoms with van der Waals surface area (Å²) < 4.78 is 5.49. The van der Waals surface area contributed by atoms with E-state index >= 15 is 0 Å². The van der Waals surface area contributed by atoms with Crippen LogP contribution in [0.1, 0.15) is 26.6 Å². The van der Waals surface area contributed by atoms with E-state index in [2.05, 4.69) is 48.1 Å². The molecule has 0 atom stereocenters. The molecule has 5 nitrogen and oxygen atoms in total. The molecule has 1 aromatic heterocycles. The van der Waals surface area contributed by atoms with Crippen molar-refractivity contribution in [2.24, 2.45) is 5.92 Å². The van der Waals surface area contributed by atoms with Gasteiger partial charge in [-0.15, -0.1) is 0 Å². The van der Waals surface area contributed by atoms with Gasteiger partial charge in [-0.25, -0.2) is 4.98 Å². The summed E-state index contributed by atoms with van der Waals surface area (Å²) in [5.74, 6) is 2.87. The predicted octanol–water partition coefficient (Wildman–Crippen LogP) is 2.05. The maximum absolute atomic E-state index is 5.49. The van der Waals surface area contributed by atoms with E-state index in [-0.39, 0.29) is 0 Å². The minimum Gasteiger partial charge on any atom is -0.478 e. The summed E-state index contributed by atoms with van der Waals surface area (Å²) in [6, 6.07) is 1.86. The Balaban J connectivity index is 2.74. The summed E-state index contributed by atoms with van der Waals surface area (Å²) in [7, 11) is 4.11. The normalized spacial score (nSPS) is 11.1. The van der Waals surface area contributed by atoms with Gasteiger partial charge in [0.25, 0.3) is 0 Å². The van der Waals surface area contributed by atoms with Gasteiger partial charge in [0.05, 0.1) is 6.61 Å². The van der Waals surface area contributed by atoms with Crippen LogP contribution in [0.25, 0.3) is 0 Å². The van der Waals surface area contributed by atoms with Crippen molar-refractivity contribution in [2.75, 3.05) is 39.1 Å². The van der Waals surface area contributed by atoms with Crippen LogP contribution in [0.3, 0.4) is 0 Å². The van der Waals surface area contributed by atoms with Crippen molar-refractivity contribution in [3.8, 4) is 5.88 Å². The fourth-order valence-corrected chi connectivity index (χ4v) is 1.65. The lowest BCUT2D eigenvalue weighted by Gasteiger charge is -2.13. The molecule has 19 heavy (non-hydrogen) atoms. The van der Waals surface area contributed by atoms with Gasteiger partial charge in [-0.05, 0) is 26.9 Å². The highest BCUT2D eigenvalue weighted by Crippen LogP contribution is 2.15. The summed E-state index contributed by atoms with van der Waals surface area (Å²) in [6.07, 6.45) is 0.864. The average Bonchev–Trinajstić information content (AvgIpc) is 2.27. The maximum Gasteiger partial charge on any atom is 0.218 e. The number of hydrogen-bond donors (Lipinski definition) is 1. The second kappa shape index (κ2) is 7.94. The standard InChI is InChI=1S/C14H26N4O/c1-6-19-14-10-12(15-7-8-18(4)5)16-13(17-14)9-11(2)3/h10-11H,6-9H2,1-5H3,(H,15,16,17). The van der Waals surface area contributed by atoms with Gasteiger partial charge in [0, 0.05) is 25.6 Å². The first kappa shape index (κ1) is 15.7. The van der Waals surface area contributed by atoms with Crippen LogP contribution in [0.2, 0.25) is 0 Å². The molecule has 1 rings (SSSR count). The van der Waals surface area contributed by atoms with Crippen molar-refractivity contribution < 1.29 is 4.74 Å². The van der Waals surface area contributed by atoms with E-state index in [1.54, 1.807) is 0 Å². The first-order valence-electron chi connectivity index (χ1n) is 6.90. The molecule has 0 fully saturated rings. The summed E-state index contributed by atoms with van der Waals surface area (Å²) in [6.45, 7) is 8.73. The Morgan fingerprint density at radius 3 is 2.63 bits per heavy atom. The molecular weight excluding hydrogens is 240 g/mol. The molecule has 0 unspecified atom stereocenters. The molecule has 1 aromatic rings. The van der Waals surface area contributed by atoms with Crippen molar-refractivity contribution >= 4 is 5.82 Å². The maximum atomic E-state index is 5.49. The van der Waals surface area contributed by atoms with Crippen molar-refractivity contribution in [2.45, 2.75) is 27.2 Å². The molecule has 0 saturated heterocycles. The van der Waals surface area contributed by atoms with Gasteiger partial charge < -0.3 is 15.0 Å². The fourth-order valence-electron chi connectivity index (χ4n) is 1.65. The minimum atomic E-state index is 0.534. The highest BCUT2D eigenvalue weighted by atomic mass is 16.5. The molecule has 0 spiro atoms. The number of hydrogen-bond acceptors (Lipinski definition) is 5. The fraction of sp³-hybridized carbons (Fsp3) is 0.714. The first-order valence-corrected chi connectivity index (χ1v) is 6.90. The zero-order valence-electron chi connectivity index (χ0n) is 12.7. The molecule has 1 N–H and O–H groups in total. The molecule has 0 aromatic carbocycles. The zero-order valence-corrected chi connectivity index (χ0v) is 12.7. The van der Waals surface area contributed by atoms with Gasteiger partial charge in [-0.1, -0.05) is 13.8 Å². The Morgan fingerprint density at radius 2 is 2.05 bits per heavy atom. The second-order valence-electron chi connectivity index (χ2n) is 5.27. The van der Waals surface area contributed by atoms with E-state index < -0.39 is 0 Å². The van der Waals surface area contributed by atoms with E-state index in [1.807, 2.05) is 13.0 Å². The number of aromatic nitrogens is 2. The lowest BCUT2D eigenvalue weighted by atomic mass is 10.1. The van der Waals surface area contributed by atoms with Gasteiger partial charge >= 0.3 is 0 Å². The molecule has 0 bridgehead atoms. The second-order valence-corrected chi connectivity index (χ2v) is 5.27. The van der Waals surface area contributed by atoms with E-state index in [1.165, 1.54) is 0 Å². The molecule has 0 aliphatic heterocycles. The lowest BCUT2D eigenvalue weighted by molar-refractivity contribution is 0.324. The van der Waals surface area contributed by atoms with E-state index in [4.69, 9.17) is 4.74 Å². The van der Waals surface area contributed by atoms with Crippen LogP contribution in [-0.2, 0) is 6.42 Å². The summed E-state index contributed by atoms with van der Waals surface area (Å²) in [4.78, 5) is 11.1. The highest BCUT2D eigenvalue weighted by Gasteiger charge is 2.07. The Labute approximate surface area is 116 Å². The smallest absolute Gasteiger partial charge is 0.218 e. The quantitative estimate of drug-likeness (QED) is 0.780. The number of likely N-dealkylation sites (N-methyl/N-ethyl adjacent to an activating group) is 1. The lowest BCUT2D eigenvalue weighted by Crippen LogP contribution is -2.21. The Bertz CT molecular complexity index is 380. The minimum absolute atomic E-state index is 0.534. The summed E-state index contributed by atoms with van der Waals surface area (Å²) >= 11 is 0. The van der Waals surface area contributed by atoms with Gasteiger partial charge in [0.2, 0.25) is 5.88 Å². The van der Waals surface area contributed by atoms with E-state index in [9.17, 15) is 0 Å². The largest absolute Gasteiger partial charge is 0.478 e. The molecule has 0 aliphatic carbocycles. The molecule has 5 heteroatoms. The molecule has 0 aliphatic rings. The average molecular weight is 266 g/mol. The summed E-state index contributed by atoms with van der Waals surface area (Å²) in [5, 5.41) is 3.32. The van der Waals surface area contributed by atoms with E-state index in [0.717, 1.165) is 31.2 Å². The van der Waals surface area contributed by atoms with Crippen LogP contribution < -0.4 is 10.1 Å².